The van der Waals surface area contributed by atoms with Crippen LogP contribution in [0, 0.1) is 0 Å². The molecule has 0 unspecified atom stereocenters. The molecule has 3 heterocycles. The van der Waals surface area contributed by atoms with Crippen LogP contribution >= 0.6 is 34.0 Å². The molecule has 0 saturated heterocycles. The first kappa shape index (κ1) is 34.5. The Kier molecular flexibility index (Phi) is 15.5. The number of rotatable bonds is 20. The lowest BCUT2D eigenvalue weighted by Gasteiger charge is -2.12. The van der Waals surface area contributed by atoms with Crippen LogP contribution in [0.25, 0.3) is 0 Å². The number of unbranched alkanes of at least 4 members (excludes halogenated alkanes) is 8. The van der Waals surface area contributed by atoms with Crippen LogP contribution < -0.4 is 20.3 Å². The molecule has 3 rings (SSSR count). The fourth-order valence-corrected chi connectivity index (χ4v) is 6.50. The number of hydrogen-bond donors (Lipinski definition) is 2. The molecule has 2 amide bonds. The van der Waals surface area contributed by atoms with Crippen LogP contribution in [0.4, 0.5) is 0 Å². The lowest BCUT2D eigenvalue weighted by atomic mass is 10.2. The van der Waals surface area contributed by atoms with Crippen molar-refractivity contribution in [2.75, 3.05) is 13.2 Å². The Morgan fingerprint density at radius 2 is 1.09 bits per heavy atom. The molecule has 0 aliphatic rings. The number of carbonyl (C=O) groups excluding carboxylic acids is 2. The molecule has 11 heteroatoms. The van der Waals surface area contributed by atoms with Gasteiger partial charge in [0.1, 0.15) is 9.75 Å². The minimum absolute atomic E-state index is 0.251. The topological polar surface area (TPSA) is 101 Å². The van der Waals surface area contributed by atoms with E-state index in [1.165, 1.54) is 12.8 Å². The van der Waals surface area contributed by atoms with E-state index in [4.69, 9.17) is 9.47 Å². The van der Waals surface area contributed by atoms with Crippen molar-refractivity contribution in [2.24, 2.45) is 10.2 Å². The van der Waals surface area contributed by atoms with Crippen LogP contribution in [0.15, 0.2) is 45.2 Å². The van der Waals surface area contributed by atoms with Gasteiger partial charge in [0.15, 0.2) is 11.5 Å². The normalized spacial score (nSPS) is 11.9. The van der Waals surface area contributed by atoms with E-state index in [0.29, 0.717) is 36.1 Å². The molecule has 0 saturated carbocycles. The molecular weight excluding hydrogens is 601 g/mol. The van der Waals surface area contributed by atoms with Crippen LogP contribution in [-0.4, -0.2) is 36.5 Å². The van der Waals surface area contributed by atoms with E-state index in [0.717, 1.165) is 72.5 Å². The zero-order valence-corrected chi connectivity index (χ0v) is 28.2. The van der Waals surface area contributed by atoms with Crippen molar-refractivity contribution >= 4 is 57.2 Å². The van der Waals surface area contributed by atoms with Gasteiger partial charge >= 0.3 is 0 Å². The number of hydrogen-bond acceptors (Lipinski definition) is 9. The van der Waals surface area contributed by atoms with E-state index in [9.17, 15) is 9.59 Å². The van der Waals surface area contributed by atoms with Gasteiger partial charge in [-0.3, -0.25) is 9.59 Å². The molecule has 43 heavy (non-hydrogen) atoms. The van der Waals surface area contributed by atoms with Gasteiger partial charge in [-0.1, -0.05) is 77.3 Å². The average molecular weight is 645 g/mol. The van der Waals surface area contributed by atoms with Crippen molar-refractivity contribution < 1.29 is 19.1 Å². The number of nitrogens with one attached hydrogen (secondary N) is 2. The summed E-state index contributed by atoms with van der Waals surface area (Å²) in [6.45, 7) is 8.88. The minimum atomic E-state index is -0.452. The molecule has 2 N–H and O–H groups in total. The predicted molar refractivity (Wildman–Crippen MR) is 181 cm³/mol. The third-order valence-electron chi connectivity index (χ3n) is 6.63. The summed E-state index contributed by atoms with van der Waals surface area (Å²) < 4.78 is 12.4. The molecule has 0 aromatic carbocycles. The van der Waals surface area contributed by atoms with Gasteiger partial charge in [-0.25, -0.2) is 10.9 Å². The highest BCUT2D eigenvalue weighted by Gasteiger charge is 2.30. The van der Waals surface area contributed by atoms with Crippen LogP contribution in [0.1, 0.15) is 121 Å². The standard InChI is InChI=1S/C32H44N4O4S3/c1-5-7-9-11-13-19-39-27-28(40-20-14-12-10-8-6-2)30(32(38)36-34-24(4)26-18-16-22-42-26)43-29(27)31(37)35-33-23(3)25-17-15-21-41-25/h15-18,21-22H,5-14,19-20H2,1-4H3,(H,35,37)(H,36,38)/b33-23+,34-24+. The maximum absolute atomic E-state index is 13.5. The third kappa shape index (κ3) is 11.2. The number of amides is 2. The maximum Gasteiger partial charge on any atom is 0.285 e. The smallest absolute Gasteiger partial charge is 0.285 e. The SMILES string of the molecule is CCCCCCCOc1c(C(=O)N/N=C(\C)c2cccs2)sc(C(=O)N/N=C(\C)c2cccs2)c1OCCCCCCC. The summed E-state index contributed by atoms with van der Waals surface area (Å²) in [6.07, 6.45) is 10.7. The maximum atomic E-state index is 13.5. The number of carbonyl (C=O) groups is 2. The summed E-state index contributed by atoms with van der Waals surface area (Å²) >= 11 is 4.13. The third-order valence-corrected chi connectivity index (χ3v) is 9.74. The van der Waals surface area contributed by atoms with Gasteiger partial charge in [-0.15, -0.1) is 34.0 Å². The number of ether oxygens (including phenoxy) is 2. The highest BCUT2D eigenvalue weighted by atomic mass is 32.1. The molecule has 3 aromatic rings. The number of nitrogens with zero attached hydrogens (tertiary/aromatic N) is 2. The minimum Gasteiger partial charge on any atom is -0.488 e. The summed E-state index contributed by atoms with van der Waals surface area (Å²) in [4.78, 5) is 29.4. The van der Waals surface area contributed by atoms with Gasteiger partial charge in [0.25, 0.3) is 11.8 Å². The second-order valence-corrected chi connectivity index (χ2v) is 13.1. The first-order valence-electron chi connectivity index (χ1n) is 15.2. The molecule has 0 atom stereocenters. The van der Waals surface area contributed by atoms with Crippen LogP contribution in [0.5, 0.6) is 11.5 Å². The van der Waals surface area contributed by atoms with Gasteiger partial charge in [0.2, 0.25) is 0 Å². The number of thiophene rings is 3. The van der Waals surface area contributed by atoms with E-state index in [-0.39, 0.29) is 9.75 Å². The molecule has 0 radical (unpaired) electrons. The van der Waals surface area contributed by atoms with Crippen molar-refractivity contribution in [3.8, 4) is 11.5 Å². The Labute approximate surface area is 267 Å². The molecule has 8 nitrogen and oxygen atoms in total. The Morgan fingerprint density at radius 1 is 0.674 bits per heavy atom. The molecule has 0 fully saturated rings. The second kappa shape index (κ2) is 19.3. The summed E-state index contributed by atoms with van der Waals surface area (Å²) in [7, 11) is 0. The summed E-state index contributed by atoms with van der Waals surface area (Å²) in [5.74, 6) is -0.321. The quantitative estimate of drug-likeness (QED) is 0.0729. The highest BCUT2D eigenvalue weighted by Crippen LogP contribution is 2.43. The molecule has 0 aliphatic carbocycles. The zero-order chi connectivity index (χ0) is 30.9. The van der Waals surface area contributed by atoms with E-state index in [2.05, 4.69) is 34.9 Å². The van der Waals surface area contributed by atoms with Crippen molar-refractivity contribution in [3.63, 3.8) is 0 Å². The van der Waals surface area contributed by atoms with Gasteiger partial charge in [-0.05, 0) is 49.6 Å². The Balaban J connectivity index is 1.88. The van der Waals surface area contributed by atoms with Gasteiger partial charge in [0.05, 0.1) is 24.6 Å². The molecular formula is C32H44N4O4S3. The Hall–Kier alpha value is -3.02. The molecule has 234 valence electrons. The second-order valence-electron chi connectivity index (χ2n) is 10.2. The monoisotopic (exact) mass is 644 g/mol. The molecule has 3 aromatic heterocycles. The van der Waals surface area contributed by atoms with Crippen molar-refractivity contribution in [2.45, 2.75) is 91.9 Å². The lowest BCUT2D eigenvalue weighted by molar-refractivity contribution is 0.0944. The van der Waals surface area contributed by atoms with E-state index in [1.807, 2.05) is 48.9 Å². The van der Waals surface area contributed by atoms with Crippen LogP contribution in [0.2, 0.25) is 0 Å². The molecule has 0 aliphatic heterocycles. The molecule has 0 spiro atoms. The fraction of sp³-hybridized carbons (Fsp3) is 0.500. The Morgan fingerprint density at radius 3 is 1.47 bits per heavy atom. The van der Waals surface area contributed by atoms with Crippen molar-refractivity contribution in [3.05, 3.63) is 54.5 Å². The number of hydrazone groups is 2. The van der Waals surface area contributed by atoms with E-state index < -0.39 is 11.8 Å². The van der Waals surface area contributed by atoms with Crippen molar-refractivity contribution in [1.82, 2.24) is 10.9 Å². The summed E-state index contributed by atoms with van der Waals surface area (Å²) in [5.41, 5.74) is 6.70. The van der Waals surface area contributed by atoms with Gasteiger partial charge < -0.3 is 9.47 Å². The summed E-state index contributed by atoms with van der Waals surface area (Å²) in [5, 5.41) is 12.5. The molecule has 0 bridgehead atoms. The predicted octanol–water partition coefficient (Wildman–Crippen LogP) is 8.88. The fourth-order valence-electron chi connectivity index (χ4n) is 4.17. The van der Waals surface area contributed by atoms with E-state index >= 15 is 0 Å². The Bertz CT molecular complexity index is 1220. The first-order valence-corrected chi connectivity index (χ1v) is 17.7. The van der Waals surface area contributed by atoms with Crippen LogP contribution in [0.3, 0.4) is 0 Å². The van der Waals surface area contributed by atoms with Crippen LogP contribution in [-0.2, 0) is 0 Å². The van der Waals surface area contributed by atoms with Gasteiger partial charge in [0, 0.05) is 9.75 Å². The first-order chi connectivity index (χ1) is 21.0. The average Bonchev–Trinajstić information content (AvgIpc) is 3.80. The largest absolute Gasteiger partial charge is 0.488 e. The summed E-state index contributed by atoms with van der Waals surface area (Å²) in [6, 6.07) is 7.76. The van der Waals surface area contributed by atoms with E-state index in [1.54, 1.807) is 22.7 Å². The highest BCUT2D eigenvalue weighted by molar-refractivity contribution is 7.16. The zero-order valence-electron chi connectivity index (χ0n) is 25.7. The lowest BCUT2D eigenvalue weighted by Crippen LogP contribution is -2.19. The van der Waals surface area contributed by atoms with Crippen molar-refractivity contribution in [1.29, 1.82) is 0 Å². The van der Waals surface area contributed by atoms with Gasteiger partial charge in [-0.2, -0.15) is 10.2 Å².